The topological polar surface area (TPSA) is 122 Å². The van der Waals surface area contributed by atoms with Crippen LogP contribution in [0.2, 0.25) is 0 Å². The van der Waals surface area contributed by atoms with Gasteiger partial charge in [0.2, 0.25) is 0 Å². The van der Waals surface area contributed by atoms with Crippen molar-refractivity contribution < 1.29 is 38.8 Å². The summed E-state index contributed by atoms with van der Waals surface area (Å²) in [5, 5.41) is 0. The normalized spacial score (nSPS) is 0. The zero-order chi connectivity index (χ0) is 0. The fraction of sp³-hybridized carbons (Fsp3) is 0. The third kappa shape index (κ3) is 90.6. The predicted molar refractivity (Wildman–Crippen MR) is 8.33 cm³/mol. The molecule has 0 radical (unpaired) electrons. The molecule has 0 heterocycles. The largest absolute Gasteiger partial charge is 5.00 e. The van der Waals surface area contributed by atoms with E-state index in [-0.39, 0.29) is 45.0 Å². The van der Waals surface area contributed by atoms with Crippen LogP contribution in [0.1, 0.15) is 0 Å². The van der Waals surface area contributed by atoms with Crippen molar-refractivity contribution in [2.75, 3.05) is 0 Å². The van der Waals surface area contributed by atoms with Crippen molar-refractivity contribution in [3.05, 3.63) is 0 Å². The number of rotatable bonds is 0. The average molecular weight is 247 g/mol. The van der Waals surface area contributed by atoms with Gasteiger partial charge in [-0.15, -0.1) is 0 Å². The van der Waals surface area contributed by atoms with Gasteiger partial charge in [0.15, 0.2) is 0 Å². The maximum Gasteiger partial charge on any atom is 5.00 e. The monoisotopic (exact) mass is 247 g/mol. The molecule has 4 N–H and O–H groups in total. The molecular formula is H4NO3Ta. The summed E-state index contributed by atoms with van der Waals surface area (Å²) in [6.45, 7) is 0. The van der Waals surface area contributed by atoms with Crippen molar-refractivity contribution in [1.29, 1.82) is 0 Å². The molecule has 0 aliphatic rings. The Morgan fingerprint density at radius 1 is 0.800 bits per heavy atom. The molecule has 0 unspecified atom stereocenters. The van der Waals surface area contributed by atoms with E-state index in [1.165, 1.54) is 0 Å². The summed E-state index contributed by atoms with van der Waals surface area (Å²) < 4.78 is 0. The third-order valence-electron chi connectivity index (χ3n) is 0. The van der Waals surface area contributed by atoms with Gasteiger partial charge in [0.1, 0.15) is 0 Å². The minimum atomic E-state index is 0. The summed E-state index contributed by atoms with van der Waals surface area (Å²) in [6, 6.07) is 0. The van der Waals surface area contributed by atoms with E-state index in [1.54, 1.807) is 0 Å². The Morgan fingerprint density at radius 2 is 0.800 bits per heavy atom. The van der Waals surface area contributed by atoms with Crippen molar-refractivity contribution >= 4 is 0 Å². The van der Waals surface area contributed by atoms with E-state index in [4.69, 9.17) is 0 Å². The van der Waals surface area contributed by atoms with Gasteiger partial charge in [-0.2, -0.15) is 0 Å². The Bertz CT molecular complexity index is 6.85. The summed E-state index contributed by atoms with van der Waals surface area (Å²) in [5.41, 5.74) is 0. The van der Waals surface area contributed by atoms with Crippen LogP contribution < -0.4 is 6.15 Å². The molecule has 0 atom stereocenters. The van der Waals surface area contributed by atoms with E-state index in [1.807, 2.05) is 0 Å². The maximum atomic E-state index is 0. The van der Waals surface area contributed by atoms with Crippen molar-refractivity contribution in [2.24, 2.45) is 0 Å². The van der Waals surface area contributed by atoms with Crippen LogP contribution in [0.3, 0.4) is 0 Å². The van der Waals surface area contributed by atoms with Crippen LogP contribution in [-0.2, 0) is 33.3 Å². The molecule has 0 aliphatic carbocycles. The summed E-state index contributed by atoms with van der Waals surface area (Å²) in [6.07, 6.45) is 0. The zero-order valence-electron chi connectivity index (χ0n) is 2.42. The molecule has 0 bridgehead atoms. The van der Waals surface area contributed by atoms with Gasteiger partial charge in [0.25, 0.3) is 0 Å². The van der Waals surface area contributed by atoms with Crippen molar-refractivity contribution in [1.82, 2.24) is 6.15 Å². The maximum absolute atomic E-state index is 0. The molecule has 0 saturated carbocycles. The Morgan fingerprint density at radius 3 is 0.800 bits per heavy atom. The quantitative estimate of drug-likeness (QED) is 0.633. The summed E-state index contributed by atoms with van der Waals surface area (Å²) >= 11 is 0. The molecule has 0 aromatic heterocycles. The number of hydrogen-bond donors (Lipinski definition) is 1. The van der Waals surface area contributed by atoms with Crippen molar-refractivity contribution in [3.63, 3.8) is 0 Å². The van der Waals surface area contributed by atoms with Gasteiger partial charge in [-0.25, -0.2) is 0 Å². The van der Waals surface area contributed by atoms with Crippen LogP contribution >= 0.6 is 0 Å². The second kappa shape index (κ2) is 174. The SMILES string of the molecule is N.[O-2].[O-2].[OH-].[Ta+5]. The fourth-order valence-corrected chi connectivity index (χ4v) is 0. The van der Waals surface area contributed by atoms with E-state index in [2.05, 4.69) is 0 Å². The van der Waals surface area contributed by atoms with Gasteiger partial charge >= 0.3 is 22.4 Å². The average Bonchev–Trinajstić information content (AvgIpc) is 0. The van der Waals surface area contributed by atoms with E-state index in [9.17, 15) is 0 Å². The van der Waals surface area contributed by atoms with Crippen LogP contribution in [0.25, 0.3) is 0 Å². The molecule has 0 rings (SSSR count). The summed E-state index contributed by atoms with van der Waals surface area (Å²) in [7, 11) is 0. The van der Waals surface area contributed by atoms with Gasteiger partial charge in [-0.3, -0.25) is 0 Å². The van der Waals surface area contributed by atoms with Gasteiger partial charge in [0.05, 0.1) is 0 Å². The fourth-order valence-electron chi connectivity index (χ4n) is 0. The Labute approximate surface area is 45.6 Å². The predicted octanol–water partition coefficient (Wildman–Crippen LogP) is -0.255. The first kappa shape index (κ1) is 348. The van der Waals surface area contributed by atoms with Crippen molar-refractivity contribution in [2.45, 2.75) is 0 Å². The minimum absolute atomic E-state index is 0. The van der Waals surface area contributed by atoms with E-state index < -0.39 is 0 Å². The Kier molecular flexibility index (Phi) is 12100. The van der Waals surface area contributed by atoms with Gasteiger partial charge in [0, 0.05) is 0 Å². The van der Waals surface area contributed by atoms with E-state index in [0.717, 1.165) is 0 Å². The van der Waals surface area contributed by atoms with Crippen LogP contribution in [0, 0.1) is 0 Å². The van der Waals surface area contributed by atoms with E-state index in [0.29, 0.717) is 0 Å². The number of hydrogen-bond acceptors (Lipinski definition) is 2. The Balaban J connectivity index is 0. The van der Waals surface area contributed by atoms with Gasteiger partial charge in [-0.05, 0) is 0 Å². The molecule has 0 spiro atoms. The molecule has 0 amide bonds. The zero-order valence-corrected chi connectivity index (χ0v) is 5.63. The molecule has 0 aliphatic heterocycles. The molecule has 32 valence electrons. The second-order valence-electron chi connectivity index (χ2n) is 0. The van der Waals surface area contributed by atoms with E-state index >= 15 is 0 Å². The Hall–Kier alpha value is 0.580. The molecular weight excluding hydrogens is 243 g/mol. The van der Waals surface area contributed by atoms with Crippen LogP contribution in [-0.4, -0.2) is 5.48 Å². The minimum Gasteiger partial charge on any atom is -2.00 e. The molecule has 4 nitrogen and oxygen atoms in total. The first-order chi connectivity index (χ1) is 0. The van der Waals surface area contributed by atoms with Crippen LogP contribution in [0.15, 0.2) is 0 Å². The summed E-state index contributed by atoms with van der Waals surface area (Å²) in [5.74, 6) is 0. The van der Waals surface area contributed by atoms with Gasteiger partial charge in [-0.1, -0.05) is 0 Å². The van der Waals surface area contributed by atoms with Crippen LogP contribution in [0.5, 0.6) is 0 Å². The molecule has 5 heteroatoms. The van der Waals surface area contributed by atoms with Crippen molar-refractivity contribution in [3.8, 4) is 0 Å². The first-order valence-electron chi connectivity index (χ1n) is 0. The van der Waals surface area contributed by atoms with Gasteiger partial charge < -0.3 is 22.6 Å². The molecule has 0 aromatic carbocycles. The molecule has 5 heavy (non-hydrogen) atoms. The molecule has 0 saturated heterocycles. The molecule has 0 aromatic rings. The molecule has 0 fully saturated rings. The second-order valence-corrected chi connectivity index (χ2v) is 0. The first-order valence-corrected chi connectivity index (χ1v) is 0. The van der Waals surface area contributed by atoms with Crippen LogP contribution in [0.4, 0.5) is 0 Å². The smallest absolute Gasteiger partial charge is 2.00 e. The summed E-state index contributed by atoms with van der Waals surface area (Å²) in [4.78, 5) is 0. The third-order valence-corrected chi connectivity index (χ3v) is 0. The standard InChI is InChI=1S/H3N.H2O.2O.Ta/h1H3;1H2;;;/q;;2*-2;+5/p-1.